The van der Waals surface area contributed by atoms with Crippen LogP contribution in [0.2, 0.25) is 0 Å². The molecule has 5 heteroatoms. The Balaban J connectivity index is 1.99. The summed E-state index contributed by atoms with van der Waals surface area (Å²) >= 11 is 1.55. The molecule has 0 saturated carbocycles. The maximum Gasteiger partial charge on any atom is 0.261 e. The van der Waals surface area contributed by atoms with Gasteiger partial charge in [0.2, 0.25) is 0 Å². The minimum absolute atomic E-state index is 0.0916. The molecule has 0 bridgehead atoms. The number of nitrogens with one attached hydrogen (secondary N) is 1. The number of hydrogen-bond acceptors (Lipinski definition) is 4. The minimum atomic E-state index is -0.886. The number of fused-ring (bicyclic) bond motifs is 1. The van der Waals surface area contributed by atoms with Crippen LogP contribution in [-0.4, -0.2) is 35.4 Å². The van der Waals surface area contributed by atoms with Gasteiger partial charge in [-0.3, -0.25) is 4.79 Å². The van der Waals surface area contributed by atoms with E-state index in [4.69, 9.17) is 5.11 Å². The Morgan fingerprint density at radius 2 is 2.44 bits per heavy atom. The van der Waals surface area contributed by atoms with Gasteiger partial charge in [0, 0.05) is 11.4 Å². The maximum absolute atomic E-state index is 11.9. The first-order valence-corrected chi connectivity index (χ1v) is 7.10. The van der Waals surface area contributed by atoms with Crippen molar-refractivity contribution in [2.24, 2.45) is 5.92 Å². The van der Waals surface area contributed by atoms with Crippen LogP contribution in [0.25, 0.3) is 0 Å². The number of carbonyl (C=O) groups is 1. The fourth-order valence-electron chi connectivity index (χ4n) is 2.18. The molecule has 0 saturated heterocycles. The molecule has 2 unspecified atom stereocenters. The molecular weight excluding hydrogens is 250 g/mol. The van der Waals surface area contributed by atoms with Crippen LogP contribution in [0, 0.1) is 5.92 Å². The van der Waals surface area contributed by atoms with E-state index in [0.29, 0.717) is 10.8 Å². The molecule has 18 heavy (non-hydrogen) atoms. The number of aryl methyl sites for hydroxylation is 1. The van der Waals surface area contributed by atoms with Gasteiger partial charge in [-0.15, -0.1) is 11.3 Å². The average Bonchev–Trinajstić information content (AvgIpc) is 2.78. The number of aliphatic hydroxyl groups is 2. The summed E-state index contributed by atoms with van der Waals surface area (Å²) in [6.45, 7) is 1.99. The Morgan fingerprint density at radius 3 is 3.17 bits per heavy atom. The highest BCUT2D eigenvalue weighted by molar-refractivity contribution is 7.14. The fraction of sp³-hybridized carbons (Fsp3) is 0.615. The van der Waals surface area contributed by atoms with Gasteiger partial charge in [-0.05, 0) is 36.8 Å². The van der Waals surface area contributed by atoms with E-state index >= 15 is 0 Å². The Labute approximate surface area is 111 Å². The largest absolute Gasteiger partial charge is 0.394 e. The van der Waals surface area contributed by atoms with Gasteiger partial charge in [0.1, 0.15) is 0 Å². The Kier molecular flexibility index (Phi) is 4.37. The average molecular weight is 269 g/mol. The van der Waals surface area contributed by atoms with Crippen LogP contribution in [0.1, 0.15) is 33.5 Å². The highest BCUT2D eigenvalue weighted by atomic mass is 32.1. The number of thiophene rings is 1. The molecular formula is C13H19NO3S. The summed E-state index contributed by atoms with van der Waals surface area (Å²) in [6.07, 6.45) is 2.42. The number of amides is 1. The smallest absolute Gasteiger partial charge is 0.261 e. The van der Waals surface area contributed by atoms with Crippen molar-refractivity contribution in [3.05, 3.63) is 21.4 Å². The second-order valence-corrected chi connectivity index (χ2v) is 6.09. The Bertz CT molecular complexity index is 430. The van der Waals surface area contributed by atoms with Gasteiger partial charge in [-0.25, -0.2) is 0 Å². The van der Waals surface area contributed by atoms with Crippen molar-refractivity contribution in [3.63, 3.8) is 0 Å². The fourth-order valence-corrected chi connectivity index (χ4v) is 3.30. The molecule has 0 spiro atoms. The first kappa shape index (κ1) is 13.5. The first-order chi connectivity index (χ1) is 8.60. The summed E-state index contributed by atoms with van der Waals surface area (Å²) in [7, 11) is 0. The van der Waals surface area contributed by atoms with E-state index in [9.17, 15) is 9.90 Å². The van der Waals surface area contributed by atoms with Crippen molar-refractivity contribution in [1.29, 1.82) is 0 Å². The van der Waals surface area contributed by atoms with E-state index in [1.807, 2.05) is 6.07 Å². The summed E-state index contributed by atoms with van der Waals surface area (Å²) in [6, 6.07) is 1.97. The highest BCUT2D eigenvalue weighted by Crippen LogP contribution is 2.32. The van der Waals surface area contributed by atoms with E-state index in [2.05, 4.69) is 12.2 Å². The lowest BCUT2D eigenvalue weighted by Gasteiger charge is -2.16. The standard InChI is InChI=1S/C13H19NO3S/c1-8-2-3-11-9(4-8)5-12(18-11)13(17)14-6-10(16)7-15/h5,8,10,15-16H,2-4,6-7H2,1H3,(H,14,17). The second-order valence-electron chi connectivity index (χ2n) is 4.95. The van der Waals surface area contributed by atoms with Crippen molar-refractivity contribution < 1.29 is 15.0 Å². The third-order valence-corrected chi connectivity index (χ3v) is 4.50. The monoisotopic (exact) mass is 269 g/mol. The molecule has 100 valence electrons. The van der Waals surface area contributed by atoms with Crippen molar-refractivity contribution >= 4 is 17.2 Å². The summed E-state index contributed by atoms with van der Waals surface area (Å²) in [5.41, 5.74) is 1.30. The lowest BCUT2D eigenvalue weighted by Crippen LogP contribution is -2.33. The number of rotatable bonds is 4. The van der Waals surface area contributed by atoms with E-state index in [0.717, 1.165) is 12.8 Å². The molecule has 3 N–H and O–H groups in total. The second kappa shape index (κ2) is 5.82. The van der Waals surface area contributed by atoms with Gasteiger partial charge >= 0.3 is 0 Å². The van der Waals surface area contributed by atoms with Gasteiger partial charge in [0.15, 0.2) is 0 Å². The highest BCUT2D eigenvalue weighted by Gasteiger charge is 2.20. The summed E-state index contributed by atoms with van der Waals surface area (Å²) < 4.78 is 0. The van der Waals surface area contributed by atoms with Gasteiger partial charge in [-0.2, -0.15) is 0 Å². The molecule has 1 aromatic rings. The maximum atomic E-state index is 11.9. The molecule has 4 nitrogen and oxygen atoms in total. The van der Waals surface area contributed by atoms with Crippen molar-refractivity contribution in [2.45, 2.75) is 32.3 Å². The molecule has 1 aliphatic rings. The van der Waals surface area contributed by atoms with E-state index < -0.39 is 6.10 Å². The van der Waals surface area contributed by atoms with Crippen LogP contribution in [0.3, 0.4) is 0 Å². The number of hydrogen-bond donors (Lipinski definition) is 3. The molecule has 1 amide bonds. The molecule has 1 aromatic heterocycles. The zero-order valence-electron chi connectivity index (χ0n) is 10.5. The Hall–Kier alpha value is -0.910. The minimum Gasteiger partial charge on any atom is -0.394 e. The van der Waals surface area contributed by atoms with Crippen LogP contribution in [0.15, 0.2) is 6.07 Å². The SMILES string of the molecule is CC1CCc2sc(C(=O)NCC(O)CO)cc2C1. The molecule has 1 aliphatic carbocycles. The normalized spacial score (nSPS) is 20.3. The van der Waals surface area contributed by atoms with Gasteiger partial charge in [0.05, 0.1) is 17.6 Å². The summed E-state index contributed by atoms with van der Waals surface area (Å²) in [4.78, 5) is 13.9. The third-order valence-electron chi connectivity index (χ3n) is 3.26. The quantitative estimate of drug-likeness (QED) is 0.762. The predicted octanol–water partition coefficient (Wildman–Crippen LogP) is 0.956. The van der Waals surface area contributed by atoms with E-state index in [1.54, 1.807) is 11.3 Å². The van der Waals surface area contributed by atoms with Crippen LogP contribution < -0.4 is 5.32 Å². The lowest BCUT2D eigenvalue weighted by atomic mass is 9.90. The topological polar surface area (TPSA) is 69.6 Å². The molecule has 2 rings (SSSR count). The number of aliphatic hydroxyl groups excluding tert-OH is 2. The molecule has 0 aliphatic heterocycles. The zero-order chi connectivity index (χ0) is 13.1. The lowest BCUT2D eigenvalue weighted by molar-refractivity contribution is 0.0804. The van der Waals surface area contributed by atoms with Gasteiger partial charge in [0.25, 0.3) is 5.91 Å². The van der Waals surface area contributed by atoms with Crippen molar-refractivity contribution in [3.8, 4) is 0 Å². The van der Waals surface area contributed by atoms with Crippen LogP contribution >= 0.6 is 11.3 Å². The first-order valence-electron chi connectivity index (χ1n) is 6.29. The van der Waals surface area contributed by atoms with Gasteiger partial charge < -0.3 is 15.5 Å². The molecule has 2 atom stereocenters. The van der Waals surface area contributed by atoms with Crippen LogP contribution in [-0.2, 0) is 12.8 Å². The van der Waals surface area contributed by atoms with Gasteiger partial charge in [-0.1, -0.05) is 6.92 Å². The predicted molar refractivity (Wildman–Crippen MR) is 70.9 cm³/mol. The van der Waals surface area contributed by atoms with Crippen molar-refractivity contribution in [1.82, 2.24) is 5.32 Å². The number of carbonyl (C=O) groups excluding carboxylic acids is 1. The summed E-state index contributed by atoms with van der Waals surface area (Å²) in [5.74, 6) is 0.536. The van der Waals surface area contributed by atoms with Crippen LogP contribution in [0.4, 0.5) is 0 Å². The van der Waals surface area contributed by atoms with E-state index in [1.165, 1.54) is 16.9 Å². The molecule has 0 fully saturated rings. The molecule has 1 heterocycles. The van der Waals surface area contributed by atoms with Crippen LogP contribution in [0.5, 0.6) is 0 Å². The zero-order valence-corrected chi connectivity index (χ0v) is 11.3. The third kappa shape index (κ3) is 3.10. The van der Waals surface area contributed by atoms with Crippen molar-refractivity contribution in [2.75, 3.05) is 13.2 Å². The summed E-state index contributed by atoms with van der Waals surface area (Å²) in [5, 5.41) is 20.5. The van der Waals surface area contributed by atoms with E-state index in [-0.39, 0.29) is 19.1 Å². The Morgan fingerprint density at radius 1 is 1.67 bits per heavy atom. The molecule has 0 radical (unpaired) electrons. The molecule has 0 aromatic carbocycles.